The van der Waals surface area contributed by atoms with Crippen LogP contribution in [0.3, 0.4) is 0 Å². The lowest BCUT2D eigenvalue weighted by atomic mass is 9.57. The van der Waals surface area contributed by atoms with E-state index in [-0.39, 0.29) is 35.6 Å². The number of piperidine rings is 1. The number of likely N-dealkylation sites (tertiary alicyclic amines) is 1. The molecule has 5 amide bonds. The lowest BCUT2D eigenvalue weighted by Gasteiger charge is -2.60. The van der Waals surface area contributed by atoms with Crippen molar-refractivity contribution in [3.63, 3.8) is 0 Å². The molecule has 2 aromatic carbocycles. The fraction of sp³-hybridized carbons (Fsp3) is 0.500. The van der Waals surface area contributed by atoms with E-state index in [2.05, 4.69) is 30.8 Å². The normalized spacial score (nSPS) is 23.0. The molecule has 5 heterocycles. The number of carbonyl (C=O) groups excluding carboxylic acids is 5. The van der Waals surface area contributed by atoms with Crippen molar-refractivity contribution in [3.8, 4) is 0 Å². The molecule has 1 unspecified atom stereocenters. The predicted octanol–water partition coefficient (Wildman–Crippen LogP) is 6.47. The molecule has 62 heavy (non-hydrogen) atoms. The number of amides is 5. The van der Waals surface area contributed by atoms with Gasteiger partial charge >= 0.3 is 6.18 Å². The van der Waals surface area contributed by atoms with Crippen LogP contribution in [-0.4, -0.2) is 91.6 Å². The number of fused-ring (bicyclic) bond motifs is 2. The molecule has 4 fully saturated rings. The number of anilines is 2. The number of aromatic nitrogens is 3. The Balaban J connectivity index is 0.735. The molecule has 5 aliphatic rings. The maximum Gasteiger partial charge on any atom is 0.451 e. The van der Waals surface area contributed by atoms with Crippen molar-refractivity contribution >= 4 is 62.5 Å². The topological polar surface area (TPSA) is 187 Å². The van der Waals surface area contributed by atoms with Gasteiger partial charge in [-0.05, 0) is 113 Å². The summed E-state index contributed by atoms with van der Waals surface area (Å²) < 4.78 is 40.4. The van der Waals surface area contributed by atoms with Gasteiger partial charge in [-0.1, -0.05) is 6.07 Å². The van der Waals surface area contributed by atoms with Crippen molar-refractivity contribution in [2.45, 2.75) is 95.4 Å². The van der Waals surface area contributed by atoms with E-state index in [0.29, 0.717) is 40.6 Å². The minimum atomic E-state index is -4.80. The second kappa shape index (κ2) is 15.8. The van der Waals surface area contributed by atoms with Crippen LogP contribution in [0, 0.1) is 17.3 Å². The van der Waals surface area contributed by atoms with Gasteiger partial charge in [0.1, 0.15) is 11.7 Å². The first-order chi connectivity index (χ1) is 29.4. The number of nitrogens with zero attached hydrogens (tertiary/aromatic N) is 5. The summed E-state index contributed by atoms with van der Waals surface area (Å²) in [7, 11) is 0. The zero-order valence-electron chi connectivity index (χ0n) is 34.3. The third-order valence-electron chi connectivity index (χ3n) is 13.2. The highest BCUT2D eigenvalue weighted by molar-refractivity contribution is 7.18. The second-order valence-corrected chi connectivity index (χ2v) is 19.3. The Morgan fingerprint density at radius 1 is 0.968 bits per heavy atom. The van der Waals surface area contributed by atoms with Gasteiger partial charge in [0.15, 0.2) is 0 Å². The van der Waals surface area contributed by atoms with Crippen molar-refractivity contribution in [1.82, 2.24) is 30.1 Å². The number of rotatable bonds is 11. The van der Waals surface area contributed by atoms with Crippen LogP contribution in [0.5, 0.6) is 0 Å². The number of carbonyl (C=O) groups is 5. The number of alkyl halides is 3. The Hall–Kier alpha value is -5.33. The van der Waals surface area contributed by atoms with Gasteiger partial charge in [-0.15, -0.1) is 11.3 Å². The summed E-state index contributed by atoms with van der Waals surface area (Å²) in [6.07, 6.45) is 3.77. The van der Waals surface area contributed by atoms with Crippen LogP contribution in [0.1, 0.15) is 125 Å². The van der Waals surface area contributed by atoms with Crippen LogP contribution in [0.4, 0.5) is 24.5 Å². The SMILES string of the molecule is CC(C)(O)c1cc2nc([C@H]3CC[C@H](CN4CC5(CC(CCNc6cccc7c6C(=O)N(C6CCC(=O)NC6=O)C7=O)C5)C4)CC3)sc2cc1NC(=O)c1ccnc(C(F)(F)F)n1. The van der Waals surface area contributed by atoms with E-state index in [9.17, 15) is 42.3 Å². The summed E-state index contributed by atoms with van der Waals surface area (Å²) in [5.74, 6) is -2.83. The first kappa shape index (κ1) is 42.0. The molecule has 0 radical (unpaired) electrons. The van der Waals surface area contributed by atoms with Crippen molar-refractivity contribution in [2.75, 3.05) is 36.8 Å². The third-order valence-corrected chi connectivity index (χ3v) is 14.4. The molecule has 3 aliphatic heterocycles. The van der Waals surface area contributed by atoms with Crippen molar-refractivity contribution < 1.29 is 42.3 Å². The summed E-state index contributed by atoms with van der Waals surface area (Å²) in [6.45, 7) is 7.10. The van der Waals surface area contributed by atoms with Gasteiger partial charge < -0.3 is 20.6 Å². The summed E-state index contributed by atoms with van der Waals surface area (Å²) in [5.41, 5.74) is 1.05. The van der Waals surface area contributed by atoms with Crippen LogP contribution >= 0.6 is 11.3 Å². The molecular formula is C44H47F3N8O6S. The van der Waals surface area contributed by atoms with Crippen LogP contribution in [-0.2, 0) is 21.4 Å². The van der Waals surface area contributed by atoms with Gasteiger partial charge in [0.25, 0.3) is 17.7 Å². The Bertz CT molecular complexity index is 2480. The van der Waals surface area contributed by atoms with E-state index in [1.165, 1.54) is 24.2 Å². The Morgan fingerprint density at radius 2 is 1.73 bits per heavy atom. The van der Waals surface area contributed by atoms with Crippen molar-refractivity contribution in [3.05, 3.63) is 75.8 Å². The number of halogens is 3. The number of nitrogens with one attached hydrogen (secondary N) is 3. The van der Waals surface area contributed by atoms with E-state index in [1.54, 1.807) is 44.2 Å². The summed E-state index contributed by atoms with van der Waals surface area (Å²) in [6, 6.07) is 8.70. The highest BCUT2D eigenvalue weighted by Gasteiger charge is 2.52. The van der Waals surface area contributed by atoms with Gasteiger partial charge in [-0.3, -0.25) is 34.2 Å². The molecule has 2 saturated heterocycles. The van der Waals surface area contributed by atoms with Crippen molar-refractivity contribution in [2.24, 2.45) is 17.3 Å². The molecule has 14 nitrogen and oxygen atoms in total. The largest absolute Gasteiger partial charge is 0.451 e. The van der Waals surface area contributed by atoms with Gasteiger partial charge in [-0.2, -0.15) is 13.2 Å². The minimum absolute atomic E-state index is 0.0749. The average molecular weight is 873 g/mol. The smallest absolute Gasteiger partial charge is 0.386 e. The molecule has 2 saturated carbocycles. The Labute approximate surface area is 359 Å². The molecule has 4 N–H and O–H groups in total. The standard InChI is InChI=1S/C44H47F3N8O6S/c1-42(2,61)27-16-31-33(17-30(27)50-36(57)29-13-15-49-41(52-29)44(45,46)47)62-38(51-31)25-8-6-23(7-9-25)20-54-21-43(22-54)18-24(19-43)12-14-48-28-5-3-4-26-35(28)40(60)55(39(26)59)32-10-11-34(56)53-37(32)58/h3-5,13,15-17,23-25,32,48,61H,6-12,14,18-22H2,1-2H3,(H,50,57)(H,53,56,58)/t23-,25-,32?. The maximum absolute atomic E-state index is 13.4. The molecular weight excluding hydrogens is 826 g/mol. The molecule has 2 aromatic heterocycles. The number of imide groups is 2. The fourth-order valence-corrected chi connectivity index (χ4v) is 11.4. The van der Waals surface area contributed by atoms with Crippen molar-refractivity contribution in [1.29, 1.82) is 0 Å². The first-order valence-corrected chi connectivity index (χ1v) is 22.0. The molecule has 9 rings (SSSR count). The Kier molecular flexibility index (Phi) is 10.7. The molecule has 1 spiro atoms. The van der Waals surface area contributed by atoms with E-state index >= 15 is 0 Å². The van der Waals surface area contributed by atoms with Gasteiger partial charge in [-0.25, -0.2) is 15.0 Å². The van der Waals surface area contributed by atoms with Crippen LogP contribution in [0.15, 0.2) is 42.6 Å². The van der Waals surface area contributed by atoms with Gasteiger partial charge in [0.2, 0.25) is 17.6 Å². The number of thiazole rings is 1. The van der Waals surface area contributed by atoms with E-state index in [4.69, 9.17) is 4.98 Å². The first-order valence-electron chi connectivity index (χ1n) is 21.1. The highest BCUT2D eigenvalue weighted by atomic mass is 32.1. The molecule has 4 aromatic rings. The van der Waals surface area contributed by atoms with E-state index < -0.39 is 58.9 Å². The lowest BCUT2D eigenvalue weighted by molar-refractivity contribution is -0.145. The highest BCUT2D eigenvalue weighted by Crippen LogP contribution is 2.53. The van der Waals surface area contributed by atoms with Crippen LogP contribution in [0.2, 0.25) is 0 Å². The zero-order valence-corrected chi connectivity index (χ0v) is 35.1. The van der Waals surface area contributed by atoms with E-state index in [1.807, 2.05) is 0 Å². The number of aliphatic hydroxyl groups is 1. The Morgan fingerprint density at radius 3 is 2.44 bits per heavy atom. The monoisotopic (exact) mass is 872 g/mol. The third kappa shape index (κ3) is 8.07. The number of benzene rings is 2. The molecule has 0 bridgehead atoms. The fourth-order valence-electron chi connectivity index (χ4n) is 10.3. The van der Waals surface area contributed by atoms with Gasteiger partial charge in [0, 0.05) is 61.7 Å². The minimum Gasteiger partial charge on any atom is -0.386 e. The quantitative estimate of drug-likeness (QED) is 0.121. The maximum atomic E-state index is 13.4. The number of hydrogen-bond acceptors (Lipinski definition) is 12. The van der Waals surface area contributed by atoms with Gasteiger partial charge in [0.05, 0.1) is 32.0 Å². The predicted molar refractivity (Wildman–Crippen MR) is 222 cm³/mol. The van der Waals surface area contributed by atoms with E-state index in [0.717, 1.165) is 78.6 Å². The zero-order chi connectivity index (χ0) is 43.7. The molecule has 2 aliphatic carbocycles. The van der Waals surface area contributed by atoms with Crippen LogP contribution in [0.25, 0.3) is 10.2 Å². The number of hydrogen-bond donors (Lipinski definition) is 4. The molecule has 1 atom stereocenters. The summed E-state index contributed by atoms with van der Waals surface area (Å²) in [4.78, 5) is 78.9. The lowest BCUT2D eigenvalue weighted by Crippen LogP contribution is -2.63. The molecule has 326 valence electrons. The summed E-state index contributed by atoms with van der Waals surface area (Å²) in [5, 5.41) is 20.3. The van der Waals surface area contributed by atoms with Crippen LogP contribution < -0.4 is 16.0 Å². The second-order valence-electron chi connectivity index (χ2n) is 18.2. The molecule has 18 heteroatoms. The average Bonchev–Trinajstić information content (AvgIpc) is 3.73. The summed E-state index contributed by atoms with van der Waals surface area (Å²) >= 11 is 1.54.